The summed E-state index contributed by atoms with van der Waals surface area (Å²) in [7, 11) is 0. The van der Waals surface area contributed by atoms with Gasteiger partial charge in [0.25, 0.3) is 0 Å². The third-order valence-corrected chi connectivity index (χ3v) is 2.36. The zero-order valence-electron chi connectivity index (χ0n) is 8.67. The molecule has 0 spiro atoms. The average molecular weight is 217 g/mol. The minimum atomic E-state index is -0.357. The normalized spacial score (nSPS) is 19.3. The highest BCUT2D eigenvalue weighted by Crippen LogP contribution is 2.16. The molecule has 0 saturated carbocycles. The first-order valence-corrected chi connectivity index (χ1v) is 5.01. The molecule has 1 fully saturated rings. The lowest BCUT2D eigenvalue weighted by atomic mass is 10.2. The number of hydrogen-bond donors (Lipinski definition) is 0. The van der Waals surface area contributed by atoms with E-state index in [1.54, 1.807) is 17.3 Å². The molecule has 2 heterocycles. The molecule has 0 bridgehead atoms. The van der Waals surface area contributed by atoms with Gasteiger partial charge >= 0.3 is 6.09 Å². The van der Waals surface area contributed by atoms with Crippen LogP contribution in [0.5, 0.6) is 0 Å². The summed E-state index contributed by atoms with van der Waals surface area (Å²) in [4.78, 5) is 17.0. The summed E-state index contributed by atoms with van der Waals surface area (Å²) in [5.74, 6) is 0. The van der Waals surface area contributed by atoms with E-state index >= 15 is 0 Å². The highest BCUT2D eigenvalue weighted by atomic mass is 16.6. The van der Waals surface area contributed by atoms with Gasteiger partial charge in [0.05, 0.1) is 25.6 Å². The molecule has 5 nitrogen and oxygen atoms in total. The lowest BCUT2D eigenvalue weighted by Gasteiger charge is -2.11. The highest BCUT2D eigenvalue weighted by Gasteiger charge is 2.30. The third kappa shape index (κ3) is 2.28. The number of carbonyl (C=O) groups is 1. The molecule has 82 valence electrons. The number of pyridine rings is 1. The zero-order valence-corrected chi connectivity index (χ0v) is 8.67. The molecule has 0 aromatic carbocycles. The number of cyclic esters (lactones) is 1. The fraction of sp³-hybridized carbons (Fsp3) is 0.364. The number of nitrogens with zero attached hydrogens (tertiary/aromatic N) is 3. The van der Waals surface area contributed by atoms with Gasteiger partial charge in [-0.15, -0.1) is 0 Å². The van der Waals surface area contributed by atoms with Crippen LogP contribution in [-0.4, -0.2) is 28.6 Å². The molecule has 1 aromatic heterocycles. The van der Waals surface area contributed by atoms with Crippen molar-refractivity contribution in [3.05, 3.63) is 30.1 Å². The smallest absolute Gasteiger partial charge is 0.410 e. The molecule has 1 aliphatic rings. The fourth-order valence-corrected chi connectivity index (χ4v) is 1.62. The Labute approximate surface area is 93.3 Å². The molecule has 1 atom stereocenters. The van der Waals surface area contributed by atoms with Gasteiger partial charge in [-0.1, -0.05) is 6.07 Å². The van der Waals surface area contributed by atoms with Crippen LogP contribution in [0.25, 0.3) is 0 Å². The van der Waals surface area contributed by atoms with Crippen molar-refractivity contribution < 1.29 is 9.53 Å². The average Bonchev–Trinajstić information content (AvgIpc) is 2.61. The minimum Gasteiger partial charge on any atom is -0.443 e. The number of nitriles is 1. The molecule has 0 radical (unpaired) electrons. The van der Waals surface area contributed by atoms with Crippen LogP contribution < -0.4 is 0 Å². The van der Waals surface area contributed by atoms with Gasteiger partial charge in [0, 0.05) is 12.4 Å². The first kappa shape index (κ1) is 10.4. The van der Waals surface area contributed by atoms with Crippen molar-refractivity contribution in [2.45, 2.75) is 19.1 Å². The molecular formula is C11H11N3O2. The molecule has 1 unspecified atom stereocenters. The van der Waals surface area contributed by atoms with Crippen LogP contribution in [0.3, 0.4) is 0 Å². The first-order chi connectivity index (χ1) is 7.79. The van der Waals surface area contributed by atoms with E-state index in [-0.39, 0.29) is 18.6 Å². The van der Waals surface area contributed by atoms with Crippen LogP contribution in [-0.2, 0) is 11.3 Å². The van der Waals surface area contributed by atoms with Crippen LogP contribution in [0, 0.1) is 11.3 Å². The van der Waals surface area contributed by atoms with Gasteiger partial charge in [-0.25, -0.2) is 4.79 Å². The second-order valence-corrected chi connectivity index (χ2v) is 3.61. The van der Waals surface area contributed by atoms with Crippen molar-refractivity contribution in [3.8, 4) is 6.07 Å². The van der Waals surface area contributed by atoms with Crippen LogP contribution in [0.4, 0.5) is 4.79 Å². The first-order valence-electron chi connectivity index (χ1n) is 5.01. The Hall–Kier alpha value is -2.09. The summed E-state index contributed by atoms with van der Waals surface area (Å²) < 4.78 is 5.03. The standard InChI is InChI=1S/C11H11N3O2/c12-4-3-10-8-14(11(15)16-10)7-9-2-1-5-13-6-9/h1-2,5-6,10H,3,7-8H2. The van der Waals surface area contributed by atoms with Gasteiger partial charge in [0.2, 0.25) is 0 Å². The summed E-state index contributed by atoms with van der Waals surface area (Å²) in [5, 5.41) is 8.52. The number of rotatable bonds is 3. The van der Waals surface area contributed by atoms with E-state index in [0.717, 1.165) is 5.56 Å². The molecule has 5 heteroatoms. The Morgan fingerprint density at radius 3 is 3.25 bits per heavy atom. The predicted molar refractivity (Wildman–Crippen MR) is 55.1 cm³/mol. The Bertz CT molecular complexity index is 413. The van der Waals surface area contributed by atoms with Gasteiger partial charge in [0.15, 0.2) is 0 Å². The quantitative estimate of drug-likeness (QED) is 0.765. The van der Waals surface area contributed by atoms with E-state index < -0.39 is 0 Å². The number of aromatic nitrogens is 1. The molecule has 1 aromatic rings. The van der Waals surface area contributed by atoms with Gasteiger partial charge in [-0.2, -0.15) is 5.26 Å². The second-order valence-electron chi connectivity index (χ2n) is 3.61. The van der Waals surface area contributed by atoms with Crippen LogP contribution >= 0.6 is 0 Å². The molecule has 16 heavy (non-hydrogen) atoms. The fourth-order valence-electron chi connectivity index (χ4n) is 1.62. The Morgan fingerprint density at radius 1 is 1.69 bits per heavy atom. The Balaban J connectivity index is 1.97. The summed E-state index contributed by atoms with van der Waals surface area (Å²) in [6.45, 7) is 0.954. The summed E-state index contributed by atoms with van der Waals surface area (Å²) in [6.07, 6.45) is 2.99. The summed E-state index contributed by atoms with van der Waals surface area (Å²) >= 11 is 0. The highest BCUT2D eigenvalue weighted by molar-refractivity contribution is 5.69. The summed E-state index contributed by atoms with van der Waals surface area (Å²) in [6, 6.07) is 5.72. The molecular weight excluding hydrogens is 206 g/mol. The van der Waals surface area contributed by atoms with Gasteiger partial charge < -0.3 is 9.64 Å². The van der Waals surface area contributed by atoms with Gasteiger partial charge in [-0.3, -0.25) is 4.98 Å². The topological polar surface area (TPSA) is 66.2 Å². The molecule has 1 amide bonds. The van der Waals surface area contributed by atoms with Crippen molar-refractivity contribution in [1.82, 2.24) is 9.88 Å². The maximum absolute atomic E-state index is 11.4. The van der Waals surface area contributed by atoms with E-state index in [2.05, 4.69) is 4.98 Å². The maximum Gasteiger partial charge on any atom is 0.410 e. The molecule has 2 rings (SSSR count). The largest absolute Gasteiger partial charge is 0.443 e. The lowest BCUT2D eigenvalue weighted by Crippen LogP contribution is -2.24. The van der Waals surface area contributed by atoms with E-state index in [1.807, 2.05) is 18.2 Å². The number of ether oxygens (including phenoxy) is 1. The lowest BCUT2D eigenvalue weighted by molar-refractivity contribution is 0.133. The van der Waals surface area contributed by atoms with E-state index in [0.29, 0.717) is 13.1 Å². The minimum absolute atomic E-state index is 0.245. The maximum atomic E-state index is 11.4. The second kappa shape index (κ2) is 4.62. The van der Waals surface area contributed by atoms with Gasteiger partial charge in [-0.05, 0) is 11.6 Å². The monoisotopic (exact) mass is 217 g/mol. The molecule has 0 aliphatic carbocycles. The molecule has 0 N–H and O–H groups in total. The van der Waals surface area contributed by atoms with Crippen molar-refractivity contribution in [2.75, 3.05) is 6.54 Å². The van der Waals surface area contributed by atoms with Crippen molar-refractivity contribution in [1.29, 1.82) is 5.26 Å². The molecule has 1 aliphatic heterocycles. The predicted octanol–water partition coefficient (Wildman–Crippen LogP) is 1.32. The number of carbonyl (C=O) groups excluding carboxylic acids is 1. The summed E-state index contributed by atoms with van der Waals surface area (Å²) in [5.41, 5.74) is 0.956. The van der Waals surface area contributed by atoms with Crippen LogP contribution in [0.2, 0.25) is 0 Å². The van der Waals surface area contributed by atoms with E-state index in [1.165, 1.54) is 0 Å². The van der Waals surface area contributed by atoms with Crippen molar-refractivity contribution in [3.63, 3.8) is 0 Å². The zero-order chi connectivity index (χ0) is 11.4. The van der Waals surface area contributed by atoms with E-state index in [9.17, 15) is 4.79 Å². The SMILES string of the molecule is N#CCC1CN(Cc2cccnc2)C(=O)O1. The van der Waals surface area contributed by atoms with Crippen molar-refractivity contribution in [2.24, 2.45) is 0 Å². The third-order valence-electron chi connectivity index (χ3n) is 2.36. The van der Waals surface area contributed by atoms with Crippen LogP contribution in [0.1, 0.15) is 12.0 Å². The van der Waals surface area contributed by atoms with Crippen LogP contribution in [0.15, 0.2) is 24.5 Å². The molecule has 1 saturated heterocycles. The number of amides is 1. The Kier molecular flexibility index (Phi) is 3.01. The van der Waals surface area contributed by atoms with Crippen molar-refractivity contribution >= 4 is 6.09 Å². The van der Waals surface area contributed by atoms with E-state index in [4.69, 9.17) is 10.00 Å². The Morgan fingerprint density at radius 2 is 2.56 bits per heavy atom. The van der Waals surface area contributed by atoms with Gasteiger partial charge in [0.1, 0.15) is 6.10 Å². The number of hydrogen-bond acceptors (Lipinski definition) is 4.